The third-order valence-electron chi connectivity index (χ3n) is 9.37. The molecule has 3 aliphatic rings. The van der Waals surface area contributed by atoms with Crippen molar-refractivity contribution in [2.75, 3.05) is 57.8 Å². The number of likely N-dealkylation sites (tertiary alicyclic amines) is 1. The molecule has 2 fully saturated rings. The van der Waals surface area contributed by atoms with Crippen molar-refractivity contribution in [3.8, 4) is 11.6 Å². The first-order chi connectivity index (χ1) is 22.6. The summed E-state index contributed by atoms with van der Waals surface area (Å²) in [6.45, 7) is 4.99. The maximum Gasteiger partial charge on any atom is 0.407 e. The largest absolute Gasteiger partial charge is 0.495 e. The van der Waals surface area contributed by atoms with Gasteiger partial charge in [-0.05, 0) is 43.8 Å². The third kappa shape index (κ3) is 5.79. The van der Waals surface area contributed by atoms with Crippen molar-refractivity contribution >= 4 is 39.3 Å². The van der Waals surface area contributed by atoms with E-state index in [1.165, 1.54) is 24.1 Å². The standard InChI is InChI=1S/C33H38ClN5O7S/c1-4-46-31-22(11-9-15-35-31)27-29(37-18-16-36(2)17-19-37)23(34)20-38(33(41)42)30(27)28-21-10-5-6-12-24(21)39(32(28)40)47(43,44)26-14-8-7-13-25(26)45-3/h5-15,23,27-30H,4,16-20H2,1-3H3,(H,41,42). The van der Waals surface area contributed by atoms with Gasteiger partial charge in [0.15, 0.2) is 0 Å². The molecule has 0 spiro atoms. The van der Waals surface area contributed by atoms with Gasteiger partial charge in [0.1, 0.15) is 10.6 Å². The zero-order valence-corrected chi connectivity index (χ0v) is 28.0. The van der Waals surface area contributed by atoms with Gasteiger partial charge in [-0.1, -0.05) is 36.4 Å². The van der Waals surface area contributed by atoms with Gasteiger partial charge in [-0.15, -0.1) is 11.6 Å². The van der Waals surface area contributed by atoms with Crippen LogP contribution in [0.3, 0.4) is 0 Å². The fourth-order valence-electron chi connectivity index (χ4n) is 7.31. The molecule has 5 unspecified atom stereocenters. The van der Waals surface area contributed by atoms with E-state index in [0.717, 1.165) is 17.4 Å². The number of rotatable bonds is 8. The summed E-state index contributed by atoms with van der Waals surface area (Å²) in [4.78, 5) is 38.0. The van der Waals surface area contributed by atoms with Crippen LogP contribution in [0.2, 0.25) is 0 Å². The van der Waals surface area contributed by atoms with Crippen molar-refractivity contribution < 1.29 is 32.6 Å². The highest BCUT2D eigenvalue weighted by Crippen LogP contribution is 2.51. The average Bonchev–Trinajstić information content (AvgIpc) is 3.37. The maximum atomic E-state index is 14.8. The Hall–Kier alpha value is -3.91. The number of alkyl halides is 1. The van der Waals surface area contributed by atoms with Crippen molar-refractivity contribution in [1.82, 2.24) is 19.7 Å². The van der Waals surface area contributed by atoms with E-state index in [1.807, 2.05) is 20.0 Å². The van der Waals surface area contributed by atoms with Gasteiger partial charge in [-0.2, -0.15) is 0 Å². The zero-order chi connectivity index (χ0) is 33.5. The molecule has 6 rings (SSSR count). The Morgan fingerprint density at radius 1 is 1.00 bits per heavy atom. The molecular weight excluding hydrogens is 646 g/mol. The van der Waals surface area contributed by atoms with Crippen molar-refractivity contribution in [2.45, 2.75) is 41.1 Å². The number of amides is 2. The van der Waals surface area contributed by atoms with Crippen LogP contribution >= 0.6 is 11.6 Å². The Morgan fingerprint density at radius 2 is 1.68 bits per heavy atom. The molecule has 14 heteroatoms. The van der Waals surface area contributed by atoms with Gasteiger partial charge in [0.2, 0.25) is 5.88 Å². The molecule has 0 radical (unpaired) electrons. The molecule has 2 saturated heterocycles. The minimum absolute atomic E-state index is 0.0650. The van der Waals surface area contributed by atoms with Gasteiger partial charge in [0.25, 0.3) is 15.9 Å². The van der Waals surface area contributed by atoms with E-state index in [-0.39, 0.29) is 22.9 Å². The summed E-state index contributed by atoms with van der Waals surface area (Å²) in [7, 11) is -1.09. The lowest BCUT2D eigenvalue weighted by atomic mass is 9.72. The first kappa shape index (κ1) is 33.0. The number of halogens is 1. The second-order valence-corrected chi connectivity index (χ2v) is 14.2. The highest BCUT2D eigenvalue weighted by molar-refractivity contribution is 7.93. The van der Waals surface area contributed by atoms with E-state index in [0.29, 0.717) is 36.7 Å². The van der Waals surface area contributed by atoms with Crippen LogP contribution in [0.5, 0.6) is 11.6 Å². The van der Waals surface area contributed by atoms with E-state index in [1.54, 1.807) is 48.7 Å². The molecule has 1 aromatic heterocycles. The Kier molecular flexibility index (Phi) is 9.34. The molecule has 4 heterocycles. The van der Waals surface area contributed by atoms with Gasteiger partial charge < -0.3 is 24.4 Å². The Bertz CT molecular complexity index is 1750. The number of piperidine rings is 1. The maximum absolute atomic E-state index is 14.8. The van der Waals surface area contributed by atoms with Crippen LogP contribution in [-0.4, -0.2) is 116 Å². The topological polar surface area (TPSA) is 133 Å². The van der Waals surface area contributed by atoms with Gasteiger partial charge in [-0.3, -0.25) is 9.69 Å². The second kappa shape index (κ2) is 13.3. The van der Waals surface area contributed by atoms with Gasteiger partial charge in [-0.25, -0.2) is 22.5 Å². The predicted molar refractivity (Wildman–Crippen MR) is 176 cm³/mol. The van der Waals surface area contributed by atoms with E-state index in [2.05, 4.69) is 14.8 Å². The second-order valence-electron chi connectivity index (χ2n) is 11.9. The number of anilines is 1. The summed E-state index contributed by atoms with van der Waals surface area (Å²) < 4.78 is 40.9. The van der Waals surface area contributed by atoms with Crippen LogP contribution in [0.1, 0.15) is 29.9 Å². The number of likely N-dealkylation sites (N-methyl/N-ethyl adjacent to an activating group) is 1. The van der Waals surface area contributed by atoms with Crippen molar-refractivity contribution in [3.05, 3.63) is 78.0 Å². The minimum atomic E-state index is -4.49. The summed E-state index contributed by atoms with van der Waals surface area (Å²) in [6, 6.07) is 14.8. The number of benzene rings is 2. The molecule has 3 aliphatic heterocycles. The van der Waals surface area contributed by atoms with Crippen LogP contribution in [0.15, 0.2) is 71.8 Å². The number of hydrogen-bond acceptors (Lipinski definition) is 9. The van der Waals surface area contributed by atoms with E-state index < -0.39 is 51.3 Å². The fraction of sp³-hybridized carbons (Fsp3) is 0.424. The van der Waals surface area contributed by atoms with Crippen molar-refractivity contribution in [2.24, 2.45) is 0 Å². The van der Waals surface area contributed by atoms with Crippen molar-refractivity contribution in [1.29, 1.82) is 0 Å². The lowest BCUT2D eigenvalue weighted by Crippen LogP contribution is -2.65. The number of sulfonamides is 1. The normalized spacial score (nSPS) is 25.4. The molecule has 2 amide bonds. The first-order valence-corrected chi connectivity index (χ1v) is 17.4. The number of para-hydroxylation sites is 2. The van der Waals surface area contributed by atoms with Crippen LogP contribution in [0.4, 0.5) is 10.5 Å². The number of methoxy groups -OCH3 is 1. The molecule has 1 N–H and O–H groups in total. The van der Waals surface area contributed by atoms with Crippen LogP contribution in [0, 0.1) is 0 Å². The molecule has 47 heavy (non-hydrogen) atoms. The number of carbonyl (C=O) groups excluding carboxylic acids is 1. The summed E-state index contributed by atoms with van der Waals surface area (Å²) >= 11 is 7.16. The number of hydrogen-bond donors (Lipinski definition) is 1. The van der Waals surface area contributed by atoms with Crippen LogP contribution in [-0.2, 0) is 14.8 Å². The van der Waals surface area contributed by atoms with Crippen molar-refractivity contribution in [3.63, 3.8) is 0 Å². The number of carbonyl (C=O) groups is 2. The Labute approximate surface area is 279 Å². The van der Waals surface area contributed by atoms with E-state index in [9.17, 15) is 23.1 Å². The lowest BCUT2D eigenvalue weighted by molar-refractivity contribution is -0.120. The fourth-order valence-corrected chi connectivity index (χ4v) is 9.40. The van der Waals surface area contributed by atoms with E-state index >= 15 is 0 Å². The molecule has 12 nitrogen and oxygen atoms in total. The average molecular weight is 684 g/mol. The number of aromatic nitrogens is 1. The molecule has 0 saturated carbocycles. The highest BCUT2D eigenvalue weighted by Gasteiger charge is 2.58. The summed E-state index contributed by atoms with van der Waals surface area (Å²) in [5.74, 6) is -2.26. The zero-order valence-electron chi connectivity index (χ0n) is 26.4. The number of carboxylic acid groups (broad SMARTS) is 1. The molecule has 3 aromatic rings. The Morgan fingerprint density at radius 3 is 2.38 bits per heavy atom. The number of pyridine rings is 1. The minimum Gasteiger partial charge on any atom is -0.495 e. The van der Waals surface area contributed by atoms with Gasteiger partial charge >= 0.3 is 6.09 Å². The van der Waals surface area contributed by atoms with Gasteiger partial charge in [0, 0.05) is 56.4 Å². The summed E-state index contributed by atoms with van der Waals surface area (Å²) in [6.07, 6.45) is 0.336. The molecule has 250 valence electrons. The molecule has 0 aliphatic carbocycles. The number of piperazine rings is 1. The molecular formula is C33H38ClN5O7S. The summed E-state index contributed by atoms with van der Waals surface area (Å²) in [5.41, 5.74) is 1.18. The summed E-state index contributed by atoms with van der Waals surface area (Å²) in [5, 5.41) is 10.1. The number of fused-ring (bicyclic) bond motifs is 1. The quantitative estimate of drug-likeness (QED) is 0.351. The smallest absolute Gasteiger partial charge is 0.407 e. The number of nitrogens with zero attached hydrogens (tertiary/aromatic N) is 5. The first-order valence-electron chi connectivity index (χ1n) is 15.5. The van der Waals surface area contributed by atoms with Gasteiger partial charge in [0.05, 0.1) is 36.7 Å². The highest BCUT2D eigenvalue weighted by atomic mass is 35.5. The third-order valence-corrected chi connectivity index (χ3v) is 11.5. The number of ether oxygens (including phenoxy) is 2. The van der Waals surface area contributed by atoms with Crippen LogP contribution < -0.4 is 13.8 Å². The molecule has 0 bridgehead atoms. The molecule has 2 aromatic carbocycles. The Balaban J connectivity index is 1.56. The van der Waals surface area contributed by atoms with E-state index in [4.69, 9.17) is 21.1 Å². The predicted octanol–water partition coefficient (Wildman–Crippen LogP) is 3.68. The SMILES string of the molecule is CCOc1ncccc1C1C(N2CCN(C)CC2)C(Cl)CN(C(=O)O)C1C1C(=O)N(S(=O)(=O)c2ccccc2OC)c2ccccc21. The molecule has 5 atom stereocenters. The van der Waals surface area contributed by atoms with Crippen LogP contribution in [0.25, 0.3) is 0 Å². The monoisotopic (exact) mass is 683 g/mol. The lowest BCUT2D eigenvalue weighted by Gasteiger charge is -2.53.